The van der Waals surface area contributed by atoms with Crippen LogP contribution in [0.25, 0.3) is 0 Å². The van der Waals surface area contributed by atoms with Crippen LogP contribution in [-0.2, 0) is 6.54 Å². The Morgan fingerprint density at radius 3 is 2.84 bits per heavy atom. The number of aromatic carboxylic acids is 1. The fourth-order valence-corrected chi connectivity index (χ4v) is 2.69. The minimum atomic E-state index is -1.03. The molecular formula is C13H13N3O2S. The first kappa shape index (κ1) is 12.1. The molecule has 1 aliphatic carbocycles. The van der Waals surface area contributed by atoms with Crippen molar-refractivity contribution < 1.29 is 9.90 Å². The number of rotatable bonds is 5. The van der Waals surface area contributed by atoms with Crippen molar-refractivity contribution in [2.24, 2.45) is 0 Å². The monoisotopic (exact) mass is 275 g/mol. The summed E-state index contributed by atoms with van der Waals surface area (Å²) in [6, 6.07) is 2.44. The average Bonchev–Trinajstić information content (AvgIpc) is 3.13. The maximum absolute atomic E-state index is 11.2. The highest BCUT2D eigenvalue weighted by atomic mass is 32.1. The van der Waals surface area contributed by atoms with Crippen LogP contribution < -0.4 is 4.90 Å². The molecule has 1 saturated carbocycles. The quantitative estimate of drug-likeness (QED) is 0.907. The highest BCUT2D eigenvalue weighted by Gasteiger charge is 2.32. The lowest BCUT2D eigenvalue weighted by Gasteiger charge is -2.23. The zero-order valence-corrected chi connectivity index (χ0v) is 11.0. The van der Waals surface area contributed by atoms with Crippen molar-refractivity contribution in [1.82, 2.24) is 9.97 Å². The first-order valence-electron chi connectivity index (χ1n) is 6.07. The first-order valence-corrected chi connectivity index (χ1v) is 7.02. The van der Waals surface area contributed by atoms with Crippen LogP contribution in [0.5, 0.6) is 0 Å². The van der Waals surface area contributed by atoms with E-state index in [1.807, 2.05) is 5.38 Å². The molecule has 19 heavy (non-hydrogen) atoms. The second kappa shape index (κ2) is 4.97. The van der Waals surface area contributed by atoms with Crippen LogP contribution in [0.2, 0.25) is 0 Å². The summed E-state index contributed by atoms with van der Waals surface area (Å²) < 4.78 is 0. The molecule has 0 amide bonds. The summed E-state index contributed by atoms with van der Waals surface area (Å²) in [4.78, 5) is 21.5. The summed E-state index contributed by atoms with van der Waals surface area (Å²) in [5.74, 6) is -0.553. The SMILES string of the molecule is O=C(O)c1nccnc1N(Cc1ccsc1)C1CC1. The summed E-state index contributed by atoms with van der Waals surface area (Å²) in [6.45, 7) is 0.688. The van der Waals surface area contributed by atoms with Gasteiger partial charge in [-0.05, 0) is 35.2 Å². The smallest absolute Gasteiger partial charge is 0.358 e. The van der Waals surface area contributed by atoms with Gasteiger partial charge in [0.05, 0.1) is 0 Å². The number of nitrogens with zero attached hydrogens (tertiary/aromatic N) is 3. The molecule has 0 atom stereocenters. The van der Waals surface area contributed by atoms with Crippen molar-refractivity contribution in [2.75, 3.05) is 4.90 Å². The molecule has 1 fully saturated rings. The van der Waals surface area contributed by atoms with Gasteiger partial charge in [-0.2, -0.15) is 11.3 Å². The molecule has 0 spiro atoms. The molecule has 0 unspecified atom stereocenters. The van der Waals surface area contributed by atoms with Crippen molar-refractivity contribution in [3.05, 3.63) is 40.5 Å². The molecule has 0 radical (unpaired) electrons. The lowest BCUT2D eigenvalue weighted by atomic mass is 10.2. The molecule has 2 heterocycles. The van der Waals surface area contributed by atoms with E-state index < -0.39 is 5.97 Å². The van der Waals surface area contributed by atoms with Crippen LogP contribution in [-0.4, -0.2) is 27.1 Å². The van der Waals surface area contributed by atoms with Gasteiger partial charge < -0.3 is 10.0 Å². The lowest BCUT2D eigenvalue weighted by Crippen LogP contribution is -2.28. The summed E-state index contributed by atoms with van der Waals surface area (Å²) in [6.07, 6.45) is 5.13. The lowest BCUT2D eigenvalue weighted by molar-refractivity contribution is 0.0690. The molecule has 0 bridgehead atoms. The molecule has 5 nitrogen and oxygen atoms in total. The van der Waals surface area contributed by atoms with E-state index in [0.29, 0.717) is 18.4 Å². The highest BCUT2D eigenvalue weighted by Crippen LogP contribution is 2.33. The number of thiophene rings is 1. The van der Waals surface area contributed by atoms with Crippen molar-refractivity contribution in [2.45, 2.75) is 25.4 Å². The van der Waals surface area contributed by atoms with E-state index >= 15 is 0 Å². The van der Waals surface area contributed by atoms with E-state index in [9.17, 15) is 9.90 Å². The van der Waals surface area contributed by atoms with Crippen LogP contribution in [0, 0.1) is 0 Å². The van der Waals surface area contributed by atoms with Gasteiger partial charge in [-0.15, -0.1) is 0 Å². The maximum atomic E-state index is 11.2. The van der Waals surface area contributed by atoms with Gasteiger partial charge in [-0.1, -0.05) is 0 Å². The Bertz CT molecular complexity index is 581. The summed E-state index contributed by atoms with van der Waals surface area (Å²) in [7, 11) is 0. The second-order valence-electron chi connectivity index (χ2n) is 4.52. The van der Waals surface area contributed by atoms with Gasteiger partial charge in [0.25, 0.3) is 0 Å². The van der Waals surface area contributed by atoms with E-state index in [-0.39, 0.29) is 5.69 Å². The number of carboxylic acids is 1. The number of aromatic nitrogens is 2. The predicted molar refractivity (Wildman–Crippen MR) is 72.5 cm³/mol. The molecule has 1 aliphatic rings. The highest BCUT2D eigenvalue weighted by molar-refractivity contribution is 7.07. The van der Waals surface area contributed by atoms with Crippen LogP contribution in [0.15, 0.2) is 29.2 Å². The number of carboxylic acid groups (broad SMARTS) is 1. The minimum Gasteiger partial charge on any atom is -0.476 e. The second-order valence-corrected chi connectivity index (χ2v) is 5.30. The molecule has 2 aromatic rings. The Morgan fingerprint density at radius 1 is 1.42 bits per heavy atom. The standard InChI is InChI=1S/C13H13N3O2S/c17-13(18)11-12(15-5-4-14-11)16(10-1-2-10)7-9-3-6-19-8-9/h3-6,8,10H,1-2,7H2,(H,17,18). The van der Waals surface area contributed by atoms with E-state index in [1.54, 1.807) is 17.5 Å². The normalized spacial score (nSPS) is 14.3. The largest absolute Gasteiger partial charge is 0.476 e. The number of hydrogen-bond acceptors (Lipinski definition) is 5. The van der Waals surface area contributed by atoms with Crippen molar-refractivity contribution in [1.29, 1.82) is 0 Å². The molecule has 6 heteroatoms. The topological polar surface area (TPSA) is 66.3 Å². The number of anilines is 1. The van der Waals surface area contributed by atoms with Crippen LogP contribution in [0.1, 0.15) is 28.9 Å². The van der Waals surface area contributed by atoms with Crippen LogP contribution in [0.3, 0.4) is 0 Å². The zero-order chi connectivity index (χ0) is 13.2. The van der Waals surface area contributed by atoms with Crippen LogP contribution >= 0.6 is 11.3 Å². The third-order valence-corrected chi connectivity index (χ3v) is 3.81. The zero-order valence-electron chi connectivity index (χ0n) is 10.2. The third kappa shape index (κ3) is 2.58. The molecule has 0 saturated heterocycles. The molecular weight excluding hydrogens is 262 g/mol. The van der Waals surface area contributed by atoms with E-state index in [4.69, 9.17) is 0 Å². The summed E-state index contributed by atoms with van der Waals surface area (Å²) in [5, 5.41) is 13.3. The van der Waals surface area contributed by atoms with Crippen molar-refractivity contribution in [3.63, 3.8) is 0 Å². The molecule has 2 aromatic heterocycles. The van der Waals surface area contributed by atoms with Gasteiger partial charge in [-0.3, -0.25) is 0 Å². The fraction of sp³-hybridized carbons (Fsp3) is 0.308. The number of hydrogen-bond donors (Lipinski definition) is 1. The van der Waals surface area contributed by atoms with E-state index in [2.05, 4.69) is 26.3 Å². The Labute approximate surface area is 114 Å². The molecule has 0 aliphatic heterocycles. The van der Waals surface area contributed by atoms with Gasteiger partial charge >= 0.3 is 5.97 Å². The number of carbonyl (C=O) groups is 1. The van der Waals surface area contributed by atoms with Gasteiger partial charge in [0.2, 0.25) is 0 Å². The van der Waals surface area contributed by atoms with E-state index in [1.165, 1.54) is 11.8 Å². The van der Waals surface area contributed by atoms with E-state index in [0.717, 1.165) is 12.8 Å². The third-order valence-electron chi connectivity index (χ3n) is 3.07. The van der Waals surface area contributed by atoms with Gasteiger partial charge in [0.15, 0.2) is 11.5 Å². The van der Waals surface area contributed by atoms with Crippen molar-refractivity contribution >= 4 is 23.1 Å². The van der Waals surface area contributed by atoms with Gasteiger partial charge in [0, 0.05) is 25.0 Å². The predicted octanol–water partition coefficient (Wildman–Crippen LogP) is 2.41. The fourth-order valence-electron chi connectivity index (χ4n) is 2.03. The van der Waals surface area contributed by atoms with Crippen molar-refractivity contribution in [3.8, 4) is 0 Å². The molecule has 3 rings (SSSR count). The molecule has 1 N–H and O–H groups in total. The average molecular weight is 275 g/mol. The minimum absolute atomic E-state index is 0.0321. The van der Waals surface area contributed by atoms with Crippen LogP contribution in [0.4, 0.5) is 5.82 Å². The Hall–Kier alpha value is -1.95. The first-order chi connectivity index (χ1) is 9.25. The Kier molecular flexibility index (Phi) is 3.16. The maximum Gasteiger partial charge on any atom is 0.358 e. The molecule has 98 valence electrons. The van der Waals surface area contributed by atoms with Gasteiger partial charge in [-0.25, -0.2) is 14.8 Å². The Balaban J connectivity index is 1.94. The molecule has 0 aromatic carbocycles. The summed E-state index contributed by atoms with van der Waals surface area (Å²) in [5.41, 5.74) is 1.21. The van der Waals surface area contributed by atoms with Gasteiger partial charge in [0.1, 0.15) is 0 Å². The summed E-state index contributed by atoms with van der Waals surface area (Å²) >= 11 is 1.64. The Morgan fingerprint density at radius 2 is 2.21 bits per heavy atom.